The van der Waals surface area contributed by atoms with Gasteiger partial charge < -0.3 is 9.47 Å². The molecule has 25 heavy (non-hydrogen) atoms. The zero-order chi connectivity index (χ0) is 19.0. The number of hydrogen-bond donors (Lipinski definition) is 0. The van der Waals surface area contributed by atoms with Gasteiger partial charge in [0, 0.05) is 5.69 Å². The van der Waals surface area contributed by atoms with Crippen LogP contribution in [0.15, 0.2) is 12.1 Å². The minimum Gasteiger partial charge on any atom is -0.442 e. The predicted octanol–water partition coefficient (Wildman–Crippen LogP) is 3.84. The fraction of sp³-hybridized carbons (Fsp3) is 0.611. The lowest BCUT2D eigenvalue weighted by Crippen LogP contribution is -2.56. The monoisotopic (exact) mass is 349 g/mol. The lowest BCUT2D eigenvalue weighted by molar-refractivity contribution is 0.0118. The molecule has 2 amide bonds. The van der Waals surface area contributed by atoms with Crippen LogP contribution in [0.25, 0.3) is 0 Å². The van der Waals surface area contributed by atoms with E-state index in [1.807, 2.05) is 19.1 Å². The molecule has 138 valence electrons. The lowest BCUT2D eigenvalue weighted by atomic mass is 10.1. The van der Waals surface area contributed by atoms with Crippen LogP contribution in [0.4, 0.5) is 15.4 Å². The minimum atomic E-state index is -0.696. The van der Waals surface area contributed by atoms with E-state index < -0.39 is 23.4 Å². The molecule has 1 aromatic rings. The molecule has 0 unspecified atom stereocenters. The molecular weight excluding hydrogens is 322 g/mol. The Morgan fingerprint density at radius 3 is 2.12 bits per heavy atom. The third-order valence-corrected chi connectivity index (χ3v) is 3.30. The highest BCUT2D eigenvalue weighted by Crippen LogP contribution is 2.29. The molecule has 1 aromatic heterocycles. The SMILES string of the molecule is Cc1ccc2c(n1)N(C(=O)OC(C)(C)C)N(C(=O)OC(C)(C)C)CC2. The number of carbonyl (C=O) groups excluding carboxylic acids is 2. The van der Waals surface area contributed by atoms with Crippen molar-refractivity contribution in [2.45, 2.75) is 66.1 Å². The van der Waals surface area contributed by atoms with E-state index in [0.29, 0.717) is 18.8 Å². The van der Waals surface area contributed by atoms with E-state index in [9.17, 15) is 9.59 Å². The molecule has 2 rings (SSSR count). The highest BCUT2D eigenvalue weighted by atomic mass is 16.6. The van der Waals surface area contributed by atoms with Gasteiger partial charge in [-0.2, -0.15) is 5.01 Å². The number of aromatic nitrogens is 1. The van der Waals surface area contributed by atoms with Gasteiger partial charge in [0.05, 0.1) is 6.54 Å². The lowest BCUT2D eigenvalue weighted by Gasteiger charge is -2.39. The summed E-state index contributed by atoms with van der Waals surface area (Å²) in [6, 6.07) is 3.80. The summed E-state index contributed by atoms with van der Waals surface area (Å²) in [6.07, 6.45) is -0.675. The van der Waals surface area contributed by atoms with Crippen LogP contribution in [0.5, 0.6) is 0 Å². The molecule has 1 aliphatic rings. The van der Waals surface area contributed by atoms with Crippen molar-refractivity contribution < 1.29 is 19.1 Å². The Balaban J connectivity index is 2.42. The average molecular weight is 349 g/mol. The van der Waals surface area contributed by atoms with Crippen LogP contribution < -0.4 is 5.01 Å². The fourth-order valence-corrected chi connectivity index (χ4v) is 2.37. The van der Waals surface area contributed by atoms with E-state index in [4.69, 9.17) is 9.47 Å². The van der Waals surface area contributed by atoms with Gasteiger partial charge >= 0.3 is 12.2 Å². The molecule has 0 bridgehead atoms. The number of hydrazine groups is 1. The number of hydrogen-bond acceptors (Lipinski definition) is 5. The van der Waals surface area contributed by atoms with Gasteiger partial charge in [0.1, 0.15) is 11.2 Å². The largest absolute Gasteiger partial charge is 0.442 e. The quantitative estimate of drug-likeness (QED) is 0.711. The van der Waals surface area contributed by atoms with Gasteiger partial charge in [-0.3, -0.25) is 0 Å². The van der Waals surface area contributed by atoms with Gasteiger partial charge in [-0.1, -0.05) is 6.07 Å². The van der Waals surface area contributed by atoms with Gasteiger partial charge in [0.15, 0.2) is 5.82 Å². The molecule has 0 atom stereocenters. The van der Waals surface area contributed by atoms with Crippen molar-refractivity contribution in [1.82, 2.24) is 9.99 Å². The van der Waals surface area contributed by atoms with Gasteiger partial charge in [-0.15, -0.1) is 0 Å². The van der Waals surface area contributed by atoms with Gasteiger partial charge in [0.25, 0.3) is 0 Å². The summed E-state index contributed by atoms with van der Waals surface area (Å²) in [5.41, 5.74) is 0.268. The summed E-state index contributed by atoms with van der Waals surface area (Å²) in [5, 5.41) is 2.44. The van der Waals surface area contributed by atoms with Crippen LogP contribution in [0, 0.1) is 6.92 Å². The first kappa shape index (κ1) is 19.0. The van der Waals surface area contributed by atoms with Crippen LogP contribution in [0.3, 0.4) is 0 Å². The zero-order valence-corrected chi connectivity index (χ0v) is 16.0. The van der Waals surface area contributed by atoms with E-state index in [-0.39, 0.29) is 0 Å². The van der Waals surface area contributed by atoms with Crippen molar-refractivity contribution in [3.8, 4) is 0 Å². The standard InChI is InChI=1S/C18H27N3O4/c1-12-8-9-13-10-11-20(15(22)24-17(2,3)4)21(14(13)19-12)16(23)25-18(5,6)7/h8-9H,10-11H2,1-7H3. The van der Waals surface area contributed by atoms with Gasteiger partial charge in [-0.25, -0.2) is 19.6 Å². The fourth-order valence-electron chi connectivity index (χ4n) is 2.37. The van der Waals surface area contributed by atoms with Crippen molar-refractivity contribution in [3.63, 3.8) is 0 Å². The molecule has 0 saturated heterocycles. The molecule has 0 aromatic carbocycles. The maximum Gasteiger partial charge on any atom is 0.435 e. The number of carbonyl (C=O) groups is 2. The van der Waals surface area contributed by atoms with E-state index in [0.717, 1.165) is 11.3 Å². The number of fused-ring (bicyclic) bond motifs is 1. The van der Waals surface area contributed by atoms with Crippen LogP contribution in [-0.2, 0) is 15.9 Å². The highest BCUT2D eigenvalue weighted by molar-refractivity contribution is 5.91. The van der Waals surface area contributed by atoms with Crippen molar-refractivity contribution in [3.05, 3.63) is 23.4 Å². The third-order valence-electron chi connectivity index (χ3n) is 3.30. The number of nitrogens with zero attached hydrogens (tertiary/aromatic N) is 3. The first-order valence-electron chi connectivity index (χ1n) is 8.37. The van der Waals surface area contributed by atoms with Crippen LogP contribution in [0.2, 0.25) is 0 Å². The molecule has 0 aliphatic carbocycles. The topological polar surface area (TPSA) is 72.0 Å². The number of amides is 2. The second kappa shape index (κ2) is 6.54. The molecule has 7 heteroatoms. The smallest absolute Gasteiger partial charge is 0.435 e. The number of anilines is 1. The molecule has 2 heterocycles. The third kappa shape index (κ3) is 4.84. The first-order chi connectivity index (χ1) is 11.4. The Morgan fingerprint density at radius 1 is 1.00 bits per heavy atom. The van der Waals surface area contributed by atoms with Gasteiger partial charge in [-0.05, 0) is 66.5 Å². The first-order valence-corrected chi connectivity index (χ1v) is 8.37. The van der Waals surface area contributed by atoms with Crippen LogP contribution in [0.1, 0.15) is 52.8 Å². The maximum atomic E-state index is 12.8. The molecule has 0 N–H and O–H groups in total. The Labute approximate surface area is 148 Å². The van der Waals surface area contributed by atoms with E-state index in [1.54, 1.807) is 41.5 Å². The summed E-state index contributed by atoms with van der Waals surface area (Å²) >= 11 is 0. The molecular formula is C18H27N3O4. The Morgan fingerprint density at radius 2 is 1.56 bits per heavy atom. The van der Waals surface area contributed by atoms with Crippen molar-refractivity contribution in [1.29, 1.82) is 0 Å². The summed E-state index contributed by atoms with van der Waals surface area (Å²) < 4.78 is 10.9. The Kier molecular flexibility index (Phi) is 4.97. The second-order valence-corrected chi connectivity index (χ2v) is 8.08. The normalized spacial score (nSPS) is 14.8. The number of aryl methyl sites for hydroxylation is 1. The van der Waals surface area contributed by atoms with Crippen molar-refractivity contribution in [2.75, 3.05) is 11.6 Å². The van der Waals surface area contributed by atoms with Crippen LogP contribution >= 0.6 is 0 Å². The maximum absolute atomic E-state index is 12.8. The van der Waals surface area contributed by atoms with E-state index >= 15 is 0 Å². The zero-order valence-electron chi connectivity index (χ0n) is 16.0. The summed E-state index contributed by atoms with van der Waals surface area (Å²) in [7, 11) is 0. The number of ether oxygens (including phenoxy) is 2. The van der Waals surface area contributed by atoms with Gasteiger partial charge in [0.2, 0.25) is 0 Å². The molecule has 0 fully saturated rings. The Hall–Kier alpha value is -2.31. The molecule has 0 saturated carbocycles. The summed E-state index contributed by atoms with van der Waals surface area (Å²) in [5.74, 6) is 0.409. The van der Waals surface area contributed by atoms with Crippen molar-refractivity contribution in [2.24, 2.45) is 0 Å². The van der Waals surface area contributed by atoms with Crippen molar-refractivity contribution >= 4 is 18.0 Å². The average Bonchev–Trinajstić information content (AvgIpc) is 2.41. The predicted molar refractivity (Wildman–Crippen MR) is 94.3 cm³/mol. The molecule has 1 aliphatic heterocycles. The highest BCUT2D eigenvalue weighted by Gasteiger charge is 2.38. The molecule has 0 radical (unpaired) electrons. The minimum absolute atomic E-state index is 0.311. The second-order valence-electron chi connectivity index (χ2n) is 8.08. The Bertz CT molecular complexity index is 674. The number of rotatable bonds is 0. The van der Waals surface area contributed by atoms with E-state index in [1.165, 1.54) is 10.0 Å². The van der Waals surface area contributed by atoms with E-state index in [2.05, 4.69) is 4.98 Å². The summed E-state index contributed by atoms with van der Waals surface area (Å²) in [4.78, 5) is 29.8. The number of pyridine rings is 1. The summed E-state index contributed by atoms with van der Waals surface area (Å²) in [6.45, 7) is 12.8. The molecule has 7 nitrogen and oxygen atoms in total. The molecule has 0 spiro atoms. The van der Waals surface area contributed by atoms with Crippen LogP contribution in [-0.4, -0.2) is 39.9 Å².